The highest BCUT2D eigenvalue weighted by Gasteiger charge is 2.51. The molecule has 3 unspecified atom stereocenters. The van der Waals surface area contributed by atoms with E-state index in [9.17, 15) is 0 Å². The molecule has 100 valence electrons. The monoisotopic (exact) mass is 248 g/mol. The van der Waals surface area contributed by atoms with Crippen molar-refractivity contribution in [3.8, 4) is 5.75 Å². The van der Waals surface area contributed by atoms with Crippen LogP contribution in [0.5, 0.6) is 5.75 Å². The fourth-order valence-electron chi connectivity index (χ4n) is 2.69. The van der Waals surface area contributed by atoms with Gasteiger partial charge in [-0.25, -0.2) is 0 Å². The summed E-state index contributed by atoms with van der Waals surface area (Å²) in [5, 5.41) is 3.63. The van der Waals surface area contributed by atoms with E-state index in [1.165, 1.54) is 6.42 Å². The first kappa shape index (κ1) is 13.3. The van der Waals surface area contributed by atoms with Gasteiger partial charge in [-0.15, -0.1) is 0 Å². The Kier molecular flexibility index (Phi) is 4.23. The Morgan fingerprint density at radius 1 is 1.50 bits per heavy atom. The molecule has 2 rings (SSSR count). The van der Waals surface area contributed by atoms with Crippen molar-refractivity contribution in [3.63, 3.8) is 0 Å². The molecular weight excluding hydrogens is 224 g/mol. The third-order valence-electron chi connectivity index (χ3n) is 4.30. The normalized spacial score (nSPS) is 30.8. The van der Waals surface area contributed by atoms with Crippen molar-refractivity contribution >= 4 is 0 Å². The standard InChI is InChI=1S/C15H24N2O/c1-4-8-17-13-10-14(15(13,3)5-2)18-12-7-6-9-16-11-12/h6-7,9,11,13-14,17H,4-5,8,10H2,1-3H3. The zero-order valence-electron chi connectivity index (χ0n) is 11.6. The minimum Gasteiger partial charge on any atom is -0.488 e. The average molecular weight is 248 g/mol. The van der Waals surface area contributed by atoms with Crippen molar-refractivity contribution in [2.45, 2.75) is 52.2 Å². The molecule has 1 aliphatic carbocycles. The molecule has 18 heavy (non-hydrogen) atoms. The Balaban J connectivity index is 1.95. The number of hydrogen-bond donors (Lipinski definition) is 1. The minimum atomic E-state index is 0.241. The number of nitrogens with one attached hydrogen (secondary N) is 1. The fourth-order valence-corrected chi connectivity index (χ4v) is 2.69. The molecule has 0 bridgehead atoms. The van der Waals surface area contributed by atoms with Crippen LogP contribution >= 0.6 is 0 Å². The molecule has 1 saturated carbocycles. The summed E-state index contributed by atoms with van der Waals surface area (Å²) in [5.74, 6) is 0.885. The molecular formula is C15H24N2O. The Bertz CT molecular complexity index is 368. The number of ether oxygens (including phenoxy) is 1. The second kappa shape index (κ2) is 5.70. The summed E-state index contributed by atoms with van der Waals surface area (Å²) in [6.45, 7) is 7.88. The van der Waals surface area contributed by atoms with Crippen molar-refractivity contribution in [1.82, 2.24) is 10.3 Å². The fraction of sp³-hybridized carbons (Fsp3) is 0.667. The zero-order valence-corrected chi connectivity index (χ0v) is 11.6. The summed E-state index contributed by atoms with van der Waals surface area (Å²) in [4.78, 5) is 4.10. The van der Waals surface area contributed by atoms with Gasteiger partial charge in [-0.2, -0.15) is 0 Å². The van der Waals surface area contributed by atoms with Crippen LogP contribution in [0.25, 0.3) is 0 Å². The summed E-state index contributed by atoms with van der Waals surface area (Å²) in [7, 11) is 0. The lowest BCUT2D eigenvalue weighted by Gasteiger charge is -2.53. The maximum Gasteiger partial charge on any atom is 0.138 e. The Labute approximate surface area is 110 Å². The molecule has 0 spiro atoms. The minimum absolute atomic E-state index is 0.241. The maximum atomic E-state index is 6.06. The summed E-state index contributed by atoms with van der Waals surface area (Å²) in [6.07, 6.45) is 7.30. The van der Waals surface area contributed by atoms with Crippen LogP contribution in [0.1, 0.15) is 40.0 Å². The average Bonchev–Trinajstić information content (AvgIpc) is 2.42. The van der Waals surface area contributed by atoms with Crippen LogP contribution in [-0.4, -0.2) is 23.7 Å². The lowest BCUT2D eigenvalue weighted by Crippen LogP contribution is -2.63. The van der Waals surface area contributed by atoms with E-state index in [0.717, 1.165) is 25.1 Å². The molecule has 1 heterocycles. The second-order valence-electron chi connectivity index (χ2n) is 5.40. The number of pyridine rings is 1. The van der Waals surface area contributed by atoms with E-state index in [2.05, 4.69) is 31.1 Å². The molecule has 3 atom stereocenters. The van der Waals surface area contributed by atoms with Crippen molar-refractivity contribution in [3.05, 3.63) is 24.5 Å². The third-order valence-corrected chi connectivity index (χ3v) is 4.30. The van der Waals surface area contributed by atoms with Crippen LogP contribution < -0.4 is 10.1 Å². The summed E-state index contributed by atoms with van der Waals surface area (Å²) >= 11 is 0. The van der Waals surface area contributed by atoms with Gasteiger partial charge in [0.1, 0.15) is 11.9 Å². The molecule has 0 aromatic carbocycles. The first-order valence-electron chi connectivity index (χ1n) is 7.00. The van der Waals surface area contributed by atoms with Gasteiger partial charge in [0.05, 0.1) is 6.20 Å². The van der Waals surface area contributed by atoms with Crippen LogP contribution in [0.4, 0.5) is 0 Å². The lowest BCUT2D eigenvalue weighted by molar-refractivity contribution is -0.0702. The highest BCUT2D eigenvalue weighted by molar-refractivity contribution is 5.18. The summed E-state index contributed by atoms with van der Waals surface area (Å²) in [6, 6.07) is 4.49. The predicted octanol–water partition coefficient (Wildman–Crippen LogP) is 3.02. The SMILES string of the molecule is CCCNC1CC(Oc2cccnc2)C1(C)CC. The largest absolute Gasteiger partial charge is 0.488 e. The van der Waals surface area contributed by atoms with E-state index in [0.29, 0.717) is 12.1 Å². The molecule has 1 aromatic rings. The van der Waals surface area contributed by atoms with Gasteiger partial charge in [0.25, 0.3) is 0 Å². The first-order valence-corrected chi connectivity index (χ1v) is 7.00. The highest BCUT2D eigenvalue weighted by Crippen LogP contribution is 2.45. The molecule has 3 heteroatoms. The van der Waals surface area contributed by atoms with E-state index >= 15 is 0 Å². The molecule has 0 aliphatic heterocycles. The second-order valence-corrected chi connectivity index (χ2v) is 5.40. The molecule has 1 aromatic heterocycles. The molecule has 0 amide bonds. The van der Waals surface area contributed by atoms with Crippen LogP contribution in [0.3, 0.4) is 0 Å². The van der Waals surface area contributed by atoms with Gasteiger partial charge in [0.2, 0.25) is 0 Å². The Hall–Kier alpha value is -1.09. The van der Waals surface area contributed by atoms with Gasteiger partial charge in [-0.1, -0.05) is 20.8 Å². The predicted molar refractivity (Wildman–Crippen MR) is 73.7 cm³/mol. The first-order chi connectivity index (χ1) is 8.70. The lowest BCUT2D eigenvalue weighted by atomic mass is 9.61. The Morgan fingerprint density at radius 3 is 2.94 bits per heavy atom. The van der Waals surface area contributed by atoms with Crippen LogP contribution in [0.15, 0.2) is 24.5 Å². The molecule has 1 aliphatic rings. The number of hydrogen-bond acceptors (Lipinski definition) is 3. The highest BCUT2D eigenvalue weighted by atomic mass is 16.5. The van der Waals surface area contributed by atoms with E-state index in [4.69, 9.17) is 4.74 Å². The zero-order chi connectivity index (χ0) is 13.0. The van der Waals surface area contributed by atoms with Gasteiger partial charge in [-0.3, -0.25) is 4.98 Å². The van der Waals surface area contributed by atoms with Crippen molar-refractivity contribution < 1.29 is 4.74 Å². The molecule has 1 fully saturated rings. The molecule has 0 saturated heterocycles. The van der Waals surface area contributed by atoms with Crippen LogP contribution in [0.2, 0.25) is 0 Å². The van der Waals surface area contributed by atoms with Gasteiger partial charge in [-0.05, 0) is 31.5 Å². The number of nitrogens with zero attached hydrogens (tertiary/aromatic N) is 1. The van der Waals surface area contributed by atoms with Crippen molar-refractivity contribution in [2.24, 2.45) is 5.41 Å². The molecule has 1 N–H and O–H groups in total. The van der Waals surface area contributed by atoms with E-state index in [1.54, 1.807) is 12.4 Å². The van der Waals surface area contributed by atoms with Crippen LogP contribution in [0, 0.1) is 5.41 Å². The van der Waals surface area contributed by atoms with Gasteiger partial charge < -0.3 is 10.1 Å². The maximum absolute atomic E-state index is 6.06. The van der Waals surface area contributed by atoms with E-state index < -0.39 is 0 Å². The van der Waals surface area contributed by atoms with E-state index in [1.807, 2.05) is 12.1 Å². The van der Waals surface area contributed by atoms with Crippen molar-refractivity contribution in [1.29, 1.82) is 0 Å². The number of aromatic nitrogens is 1. The summed E-state index contributed by atoms with van der Waals surface area (Å²) < 4.78 is 6.06. The van der Waals surface area contributed by atoms with E-state index in [-0.39, 0.29) is 5.41 Å². The third kappa shape index (κ3) is 2.51. The molecule has 3 nitrogen and oxygen atoms in total. The quantitative estimate of drug-likeness (QED) is 0.840. The van der Waals surface area contributed by atoms with Crippen LogP contribution in [-0.2, 0) is 0 Å². The van der Waals surface area contributed by atoms with Gasteiger partial charge in [0.15, 0.2) is 0 Å². The topological polar surface area (TPSA) is 34.1 Å². The van der Waals surface area contributed by atoms with Gasteiger partial charge >= 0.3 is 0 Å². The smallest absolute Gasteiger partial charge is 0.138 e. The molecule has 0 radical (unpaired) electrons. The van der Waals surface area contributed by atoms with Gasteiger partial charge in [0, 0.05) is 24.1 Å². The summed E-state index contributed by atoms with van der Waals surface area (Å²) in [5.41, 5.74) is 0.241. The number of rotatable bonds is 6. The van der Waals surface area contributed by atoms with Crippen molar-refractivity contribution in [2.75, 3.05) is 6.54 Å². The Morgan fingerprint density at radius 2 is 2.33 bits per heavy atom.